The van der Waals surface area contributed by atoms with Gasteiger partial charge in [0.2, 0.25) is 0 Å². The molecule has 0 spiro atoms. The minimum absolute atomic E-state index is 0.0473. The lowest BCUT2D eigenvalue weighted by molar-refractivity contribution is 0.0996. The van der Waals surface area contributed by atoms with Crippen molar-refractivity contribution in [3.63, 3.8) is 0 Å². The van der Waals surface area contributed by atoms with Crippen LogP contribution >= 0.6 is 11.3 Å². The number of aliphatic hydroxyl groups is 1. The first kappa shape index (κ1) is 8.16. The van der Waals surface area contributed by atoms with Gasteiger partial charge in [-0.1, -0.05) is 0 Å². The number of aromatic nitrogens is 1. The number of nitrogens with zero attached hydrogens (tertiary/aromatic N) is 1. The zero-order valence-corrected chi connectivity index (χ0v) is 6.60. The molecule has 5 heteroatoms. The van der Waals surface area contributed by atoms with Gasteiger partial charge in [0.05, 0.1) is 5.01 Å². The molecule has 1 rings (SSSR count). The molecule has 11 heavy (non-hydrogen) atoms. The maximum Gasteiger partial charge on any atom is 0.268 e. The standard InChI is InChI=1S/C6H8N2O2S/c7-6(10)4-3-11-5(8-4)1-2-9/h3,9H,1-2H2,(H2,7,10). The molecule has 0 saturated heterocycles. The number of nitrogens with two attached hydrogens (primary N) is 1. The summed E-state index contributed by atoms with van der Waals surface area (Å²) in [6.07, 6.45) is 0.484. The molecule has 0 bridgehead atoms. The molecule has 1 aromatic rings. The van der Waals surface area contributed by atoms with E-state index in [1.807, 2.05) is 0 Å². The van der Waals surface area contributed by atoms with Crippen LogP contribution < -0.4 is 5.73 Å². The predicted octanol–water partition coefficient (Wildman–Crippen LogP) is -0.223. The summed E-state index contributed by atoms with van der Waals surface area (Å²) in [6, 6.07) is 0. The Morgan fingerprint density at radius 3 is 3.00 bits per heavy atom. The number of carbonyl (C=O) groups is 1. The zero-order valence-electron chi connectivity index (χ0n) is 5.78. The van der Waals surface area contributed by atoms with Crippen LogP contribution in [0.5, 0.6) is 0 Å². The van der Waals surface area contributed by atoms with Crippen LogP contribution in [0.2, 0.25) is 0 Å². The van der Waals surface area contributed by atoms with Gasteiger partial charge in [-0.3, -0.25) is 4.79 Å². The minimum atomic E-state index is -0.523. The summed E-state index contributed by atoms with van der Waals surface area (Å²) in [5, 5.41) is 10.8. The third kappa shape index (κ3) is 1.99. The Hall–Kier alpha value is -0.940. The Morgan fingerprint density at radius 2 is 2.55 bits per heavy atom. The van der Waals surface area contributed by atoms with Gasteiger partial charge >= 0.3 is 0 Å². The molecule has 0 fully saturated rings. The molecule has 0 aliphatic heterocycles. The highest BCUT2D eigenvalue weighted by Crippen LogP contribution is 2.08. The first-order chi connectivity index (χ1) is 5.24. The lowest BCUT2D eigenvalue weighted by Crippen LogP contribution is -2.11. The average molecular weight is 172 g/mol. The van der Waals surface area contributed by atoms with Crippen molar-refractivity contribution in [2.75, 3.05) is 6.61 Å². The van der Waals surface area contributed by atoms with E-state index in [0.717, 1.165) is 5.01 Å². The molecule has 3 N–H and O–H groups in total. The fourth-order valence-electron chi connectivity index (χ4n) is 0.635. The number of aliphatic hydroxyl groups excluding tert-OH is 1. The number of hydrogen-bond donors (Lipinski definition) is 2. The molecule has 0 aromatic carbocycles. The van der Waals surface area contributed by atoms with Crippen LogP contribution in [0.1, 0.15) is 15.5 Å². The van der Waals surface area contributed by atoms with Gasteiger partial charge in [0.25, 0.3) is 5.91 Å². The lowest BCUT2D eigenvalue weighted by Gasteiger charge is -1.86. The van der Waals surface area contributed by atoms with Gasteiger partial charge in [0.1, 0.15) is 5.69 Å². The number of rotatable bonds is 3. The van der Waals surface area contributed by atoms with E-state index in [1.54, 1.807) is 5.38 Å². The zero-order chi connectivity index (χ0) is 8.27. The third-order valence-corrected chi connectivity index (χ3v) is 2.04. The van der Waals surface area contributed by atoms with Crippen molar-refractivity contribution in [2.24, 2.45) is 5.73 Å². The van der Waals surface area contributed by atoms with E-state index >= 15 is 0 Å². The molecular formula is C6H8N2O2S. The highest BCUT2D eigenvalue weighted by atomic mass is 32.1. The molecule has 60 valence electrons. The molecule has 1 heterocycles. The first-order valence-electron chi connectivity index (χ1n) is 3.09. The van der Waals surface area contributed by atoms with Gasteiger partial charge in [0, 0.05) is 18.4 Å². The Labute approximate surface area is 67.7 Å². The second-order valence-electron chi connectivity index (χ2n) is 1.96. The van der Waals surface area contributed by atoms with E-state index in [0.29, 0.717) is 6.42 Å². The quantitative estimate of drug-likeness (QED) is 0.661. The van der Waals surface area contributed by atoms with E-state index in [1.165, 1.54) is 11.3 Å². The Kier molecular flexibility index (Phi) is 2.56. The van der Waals surface area contributed by atoms with Crippen molar-refractivity contribution in [1.29, 1.82) is 0 Å². The predicted molar refractivity (Wildman–Crippen MR) is 41.4 cm³/mol. The summed E-state index contributed by atoms with van der Waals surface area (Å²) >= 11 is 1.33. The first-order valence-corrected chi connectivity index (χ1v) is 3.97. The highest BCUT2D eigenvalue weighted by Gasteiger charge is 2.05. The van der Waals surface area contributed by atoms with E-state index in [4.69, 9.17) is 10.8 Å². The second kappa shape index (κ2) is 3.45. The molecule has 0 aliphatic rings. The fraction of sp³-hybridized carbons (Fsp3) is 0.333. The summed E-state index contributed by atoms with van der Waals surface area (Å²) in [5.74, 6) is -0.523. The van der Waals surface area contributed by atoms with E-state index in [-0.39, 0.29) is 12.3 Å². The second-order valence-corrected chi connectivity index (χ2v) is 2.91. The molecule has 0 unspecified atom stereocenters. The third-order valence-electron chi connectivity index (χ3n) is 1.13. The van der Waals surface area contributed by atoms with Crippen molar-refractivity contribution in [3.05, 3.63) is 16.1 Å². The van der Waals surface area contributed by atoms with E-state index in [9.17, 15) is 4.79 Å². The largest absolute Gasteiger partial charge is 0.396 e. The molecule has 0 atom stereocenters. The monoisotopic (exact) mass is 172 g/mol. The molecule has 0 saturated carbocycles. The summed E-state index contributed by atoms with van der Waals surface area (Å²) in [4.78, 5) is 14.4. The summed E-state index contributed by atoms with van der Waals surface area (Å²) in [7, 11) is 0. The lowest BCUT2D eigenvalue weighted by atomic mass is 10.4. The van der Waals surface area contributed by atoms with Gasteiger partial charge in [-0.15, -0.1) is 11.3 Å². The topological polar surface area (TPSA) is 76.2 Å². The Bertz CT molecular complexity index is 259. The normalized spacial score (nSPS) is 9.91. The van der Waals surface area contributed by atoms with Crippen molar-refractivity contribution < 1.29 is 9.90 Å². The van der Waals surface area contributed by atoms with Crippen LogP contribution in [0.25, 0.3) is 0 Å². The summed E-state index contributed by atoms with van der Waals surface area (Å²) in [6.45, 7) is 0.0473. The van der Waals surface area contributed by atoms with Crippen LogP contribution in [0.15, 0.2) is 5.38 Å². The van der Waals surface area contributed by atoms with Crippen molar-refractivity contribution in [3.8, 4) is 0 Å². The Morgan fingerprint density at radius 1 is 1.82 bits per heavy atom. The smallest absolute Gasteiger partial charge is 0.268 e. The van der Waals surface area contributed by atoms with Crippen molar-refractivity contribution in [1.82, 2.24) is 4.98 Å². The van der Waals surface area contributed by atoms with Gasteiger partial charge < -0.3 is 10.8 Å². The van der Waals surface area contributed by atoms with Gasteiger partial charge in [-0.05, 0) is 0 Å². The van der Waals surface area contributed by atoms with Gasteiger partial charge in [-0.25, -0.2) is 4.98 Å². The van der Waals surface area contributed by atoms with Crippen LogP contribution in [0.3, 0.4) is 0 Å². The molecule has 1 amide bonds. The number of primary amides is 1. The fourth-order valence-corrected chi connectivity index (χ4v) is 1.41. The number of carbonyl (C=O) groups excluding carboxylic acids is 1. The summed E-state index contributed by atoms with van der Waals surface area (Å²) < 4.78 is 0. The SMILES string of the molecule is NC(=O)c1csc(CCO)n1. The number of thiazole rings is 1. The van der Waals surface area contributed by atoms with Gasteiger partial charge in [0.15, 0.2) is 0 Å². The highest BCUT2D eigenvalue weighted by molar-refractivity contribution is 7.09. The number of amides is 1. The maximum absolute atomic E-state index is 10.5. The van der Waals surface area contributed by atoms with Crippen molar-refractivity contribution >= 4 is 17.2 Å². The molecule has 0 aliphatic carbocycles. The molecule has 0 radical (unpaired) electrons. The van der Waals surface area contributed by atoms with Crippen LogP contribution in [-0.2, 0) is 6.42 Å². The summed E-state index contributed by atoms with van der Waals surface area (Å²) in [5.41, 5.74) is 5.24. The molecular weight excluding hydrogens is 164 g/mol. The average Bonchev–Trinajstić information content (AvgIpc) is 2.37. The minimum Gasteiger partial charge on any atom is -0.396 e. The molecule has 4 nitrogen and oxygen atoms in total. The van der Waals surface area contributed by atoms with E-state index < -0.39 is 5.91 Å². The van der Waals surface area contributed by atoms with Crippen LogP contribution in [0.4, 0.5) is 0 Å². The maximum atomic E-state index is 10.5. The van der Waals surface area contributed by atoms with E-state index in [2.05, 4.69) is 4.98 Å². The van der Waals surface area contributed by atoms with Gasteiger partial charge in [-0.2, -0.15) is 0 Å². The van der Waals surface area contributed by atoms with Crippen LogP contribution in [0, 0.1) is 0 Å². The molecule has 1 aromatic heterocycles. The van der Waals surface area contributed by atoms with Crippen LogP contribution in [-0.4, -0.2) is 22.6 Å². The Balaban J connectivity index is 2.73. The van der Waals surface area contributed by atoms with Crippen molar-refractivity contribution in [2.45, 2.75) is 6.42 Å². The number of hydrogen-bond acceptors (Lipinski definition) is 4.